The smallest absolute Gasteiger partial charge is 0.145 e. The number of nitrogens with one attached hydrogen (secondary N) is 2. The summed E-state index contributed by atoms with van der Waals surface area (Å²) in [4.78, 5) is 2.40. The second kappa shape index (κ2) is 12.8. The van der Waals surface area contributed by atoms with E-state index in [0.29, 0.717) is 0 Å². The summed E-state index contributed by atoms with van der Waals surface area (Å²) in [5.41, 5.74) is 12.0. The van der Waals surface area contributed by atoms with Crippen LogP contribution in [0.3, 0.4) is 0 Å². The number of hydrogen-bond donors (Lipinski definition) is 2. The molecule has 2 aliphatic rings. The van der Waals surface area contributed by atoms with Crippen molar-refractivity contribution in [1.82, 2.24) is 5.32 Å². The number of anilines is 3. The van der Waals surface area contributed by atoms with Gasteiger partial charge in [0.05, 0.1) is 17.1 Å². The van der Waals surface area contributed by atoms with Crippen LogP contribution in [0.1, 0.15) is 0 Å². The van der Waals surface area contributed by atoms with Gasteiger partial charge < -0.3 is 15.5 Å². The molecule has 2 aliphatic heterocycles. The summed E-state index contributed by atoms with van der Waals surface area (Å²) in [7, 11) is 0. The monoisotopic (exact) mass is 703 g/mol. The zero-order valence-electron chi connectivity index (χ0n) is 30.2. The van der Waals surface area contributed by atoms with Gasteiger partial charge in [0, 0.05) is 12.2 Å². The quantitative estimate of drug-likeness (QED) is 0.175. The molecular formula is C52H37N3. The predicted octanol–water partition coefficient (Wildman–Crippen LogP) is 13.2. The summed E-state index contributed by atoms with van der Waals surface area (Å²) in [6.45, 7) is 0.828. The number of allylic oxidation sites excluding steroid dienone is 2. The van der Waals surface area contributed by atoms with E-state index in [1.807, 2.05) is 0 Å². The van der Waals surface area contributed by atoms with Crippen molar-refractivity contribution in [2.24, 2.45) is 0 Å². The third kappa shape index (κ3) is 5.27. The molecule has 3 heteroatoms. The molecule has 1 unspecified atom stereocenters. The highest BCUT2D eigenvalue weighted by molar-refractivity contribution is 6.22. The highest BCUT2D eigenvalue weighted by Gasteiger charge is 2.32. The van der Waals surface area contributed by atoms with Gasteiger partial charge in [0.25, 0.3) is 0 Å². The number of para-hydroxylation sites is 2. The first-order valence-corrected chi connectivity index (χ1v) is 19.1. The number of rotatable bonds is 5. The molecule has 0 saturated carbocycles. The Labute approximate surface area is 320 Å². The van der Waals surface area contributed by atoms with E-state index < -0.39 is 0 Å². The first-order valence-electron chi connectivity index (χ1n) is 19.1. The molecule has 2 N–H and O–H groups in total. The van der Waals surface area contributed by atoms with Crippen LogP contribution in [-0.4, -0.2) is 12.7 Å². The van der Waals surface area contributed by atoms with Gasteiger partial charge >= 0.3 is 0 Å². The van der Waals surface area contributed by atoms with Gasteiger partial charge in [0.1, 0.15) is 6.17 Å². The highest BCUT2D eigenvalue weighted by atomic mass is 15.3. The molecule has 0 saturated heterocycles. The summed E-state index contributed by atoms with van der Waals surface area (Å²) < 4.78 is 0. The number of nitrogens with zero attached hydrogens (tertiary/aromatic N) is 1. The molecule has 9 aromatic rings. The third-order valence-electron chi connectivity index (χ3n) is 11.4. The molecule has 0 fully saturated rings. The van der Waals surface area contributed by atoms with Crippen LogP contribution in [0.15, 0.2) is 200 Å². The maximum atomic E-state index is 3.76. The fourth-order valence-electron chi connectivity index (χ4n) is 8.81. The minimum atomic E-state index is -0.0137. The van der Waals surface area contributed by atoms with Crippen LogP contribution in [0, 0.1) is 0 Å². The minimum absolute atomic E-state index is 0.0137. The lowest BCUT2D eigenvalue weighted by Crippen LogP contribution is -2.39. The zero-order valence-corrected chi connectivity index (χ0v) is 30.2. The fraction of sp³-hybridized carbons (Fsp3) is 0.0385. The molecule has 0 aliphatic carbocycles. The topological polar surface area (TPSA) is 27.3 Å². The molecule has 1 atom stereocenters. The van der Waals surface area contributed by atoms with Gasteiger partial charge in [-0.25, -0.2) is 0 Å². The third-order valence-corrected chi connectivity index (χ3v) is 11.4. The van der Waals surface area contributed by atoms with Crippen molar-refractivity contribution < 1.29 is 0 Å². The van der Waals surface area contributed by atoms with Gasteiger partial charge in [-0.05, 0) is 125 Å². The van der Waals surface area contributed by atoms with Crippen LogP contribution < -0.4 is 15.5 Å². The average molecular weight is 704 g/mol. The molecular weight excluding hydrogens is 667 g/mol. The molecule has 260 valence electrons. The Kier molecular flexibility index (Phi) is 7.31. The molecule has 0 amide bonds. The zero-order chi connectivity index (χ0) is 36.3. The van der Waals surface area contributed by atoms with Gasteiger partial charge in [-0.15, -0.1) is 0 Å². The van der Waals surface area contributed by atoms with Crippen LogP contribution >= 0.6 is 0 Å². The van der Waals surface area contributed by atoms with Crippen molar-refractivity contribution in [3.8, 4) is 33.4 Å². The fourth-order valence-corrected chi connectivity index (χ4v) is 8.81. The largest absolute Gasteiger partial charge is 0.382 e. The van der Waals surface area contributed by atoms with E-state index in [1.165, 1.54) is 82.2 Å². The Morgan fingerprint density at radius 2 is 1.02 bits per heavy atom. The van der Waals surface area contributed by atoms with Gasteiger partial charge in [-0.1, -0.05) is 146 Å². The first kappa shape index (κ1) is 31.4. The van der Waals surface area contributed by atoms with Crippen LogP contribution in [0.2, 0.25) is 0 Å². The maximum Gasteiger partial charge on any atom is 0.145 e. The lowest BCUT2D eigenvalue weighted by atomic mass is 9.84. The molecule has 0 spiro atoms. The Hall–Kier alpha value is -7.10. The Balaban J connectivity index is 1.10. The summed E-state index contributed by atoms with van der Waals surface area (Å²) in [6.07, 6.45) is 6.44. The molecule has 0 aromatic heterocycles. The number of fused-ring (bicyclic) bond motifs is 5. The number of hydrogen-bond acceptors (Lipinski definition) is 3. The lowest BCUT2D eigenvalue weighted by Gasteiger charge is -2.30. The van der Waals surface area contributed by atoms with Crippen LogP contribution in [-0.2, 0) is 0 Å². The Bertz CT molecular complexity index is 3030. The van der Waals surface area contributed by atoms with Gasteiger partial charge in [-0.2, -0.15) is 0 Å². The van der Waals surface area contributed by atoms with E-state index in [-0.39, 0.29) is 6.17 Å². The van der Waals surface area contributed by atoms with Crippen molar-refractivity contribution in [2.75, 3.05) is 16.8 Å². The molecule has 11 rings (SSSR count). The van der Waals surface area contributed by atoms with Crippen molar-refractivity contribution in [3.63, 3.8) is 0 Å². The summed E-state index contributed by atoms with van der Waals surface area (Å²) in [5.74, 6) is 0. The van der Waals surface area contributed by atoms with E-state index >= 15 is 0 Å². The minimum Gasteiger partial charge on any atom is -0.382 e. The van der Waals surface area contributed by atoms with Crippen molar-refractivity contribution in [2.45, 2.75) is 6.17 Å². The van der Waals surface area contributed by atoms with Crippen LogP contribution in [0.5, 0.6) is 0 Å². The molecule has 0 radical (unpaired) electrons. The molecule has 55 heavy (non-hydrogen) atoms. The van der Waals surface area contributed by atoms with Gasteiger partial charge in [0.2, 0.25) is 0 Å². The van der Waals surface area contributed by atoms with Gasteiger partial charge in [0.15, 0.2) is 0 Å². The standard InChI is InChI=1S/C52H37N3/c1-3-13-37-31-40(22-20-34(37)11-1)50-43-15-5-6-16-44(43)51(41-23-21-35-12-2-4-14-38(35)32-41)46-33-39(26-29-45(46)50)36-24-27-42(28-25-36)55-49-19-8-7-17-47(49)54-52(55)48-18-9-10-30-53-48/h1-29,31-33,52-54H,30H2. The lowest BCUT2D eigenvalue weighted by molar-refractivity contribution is 0.748. The second-order valence-electron chi connectivity index (χ2n) is 14.6. The first-order chi connectivity index (χ1) is 27.3. The highest BCUT2D eigenvalue weighted by Crippen LogP contribution is 2.46. The number of dihydropyridines is 1. The van der Waals surface area contributed by atoms with Crippen LogP contribution in [0.25, 0.3) is 76.5 Å². The SMILES string of the molecule is C1=CCNC(C2Nc3ccccc3N2c2ccc(-c3ccc4c(-c5ccc6ccccc6c5)c5ccccc5c(-c5ccc6ccccc6c5)c4c3)cc2)=C1. The average Bonchev–Trinajstić information content (AvgIpc) is 3.65. The van der Waals surface area contributed by atoms with Crippen molar-refractivity contribution in [3.05, 3.63) is 200 Å². The van der Waals surface area contributed by atoms with E-state index in [2.05, 4.69) is 210 Å². The van der Waals surface area contributed by atoms with Crippen LogP contribution in [0.4, 0.5) is 17.1 Å². The summed E-state index contributed by atoms with van der Waals surface area (Å²) in [5, 5.41) is 17.4. The predicted molar refractivity (Wildman–Crippen MR) is 234 cm³/mol. The van der Waals surface area contributed by atoms with Crippen molar-refractivity contribution >= 4 is 60.2 Å². The van der Waals surface area contributed by atoms with E-state index in [4.69, 9.17) is 0 Å². The molecule has 0 bridgehead atoms. The molecule has 3 nitrogen and oxygen atoms in total. The van der Waals surface area contributed by atoms with E-state index in [0.717, 1.165) is 23.6 Å². The summed E-state index contributed by atoms with van der Waals surface area (Å²) >= 11 is 0. The van der Waals surface area contributed by atoms with Crippen molar-refractivity contribution in [1.29, 1.82) is 0 Å². The number of benzene rings is 9. The second-order valence-corrected chi connectivity index (χ2v) is 14.6. The van der Waals surface area contributed by atoms with E-state index in [9.17, 15) is 0 Å². The Morgan fingerprint density at radius 1 is 0.455 bits per heavy atom. The normalized spacial score (nSPS) is 14.9. The molecule has 9 aromatic carbocycles. The van der Waals surface area contributed by atoms with Gasteiger partial charge in [-0.3, -0.25) is 0 Å². The maximum absolute atomic E-state index is 3.76. The van der Waals surface area contributed by atoms with E-state index in [1.54, 1.807) is 0 Å². The molecule has 2 heterocycles. The Morgan fingerprint density at radius 3 is 1.69 bits per heavy atom. The summed E-state index contributed by atoms with van der Waals surface area (Å²) in [6, 6.07) is 64.8.